The van der Waals surface area contributed by atoms with Crippen LogP contribution in [-0.4, -0.2) is 15.3 Å². The van der Waals surface area contributed by atoms with E-state index in [2.05, 4.69) is 10.6 Å². The third-order valence-electron chi connectivity index (χ3n) is 6.84. The summed E-state index contributed by atoms with van der Waals surface area (Å²) < 4.78 is 11.1. The molecule has 6 aromatic rings. The lowest BCUT2D eigenvalue weighted by molar-refractivity contribution is 0.441. The molecule has 0 saturated carbocycles. The van der Waals surface area contributed by atoms with Gasteiger partial charge in [-0.1, -0.05) is 60.1 Å². The van der Waals surface area contributed by atoms with E-state index in [1.807, 2.05) is 6.07 Å². The molecule has 0 unspecified atom stereocenters. The second-order valence-electron chi connectivity index (χ2n) is 9.41. The molecule has 0 spiro atoms. The van der Waals surface area contributed by atoms with Crippen LogP contribution in [0.15, 0.2) is 115 Å². The quantitative estimate of drug-likeness (QED) is 0.123. The minimum Gasteiger partial charge on any atom is -0.507 e. The first-order valence-electron chi connectivity index (χ1n) is 12.7. The molecule has 0 aliphatic heterocycles. The van der Waals surface area contributed by atoms with Crippen LogP contribution in [0.5, 0.6) is 11.5 Å². The summed E-state index contributed by atoms with van der Waals surface area (Å²) in [5.41, 5.74) is -0.191. The SMILES string of the molecule is O=c1oc2ccccc2c(O)c1C(c1ccc(NC(=S)Nc2ccccc2Cl)cc1)c1c(O)c2ccccc2oc1=O. The largest absolute Gasteiger partial charge is 0.507 e. The molecule has 208 valence electrons. The summed E-state index contributed by atoms with van der Waals surface area (Å²) in [5.74, 6) is -1.98. The number of para-hydroxylation sites is 3. The summed E-state index contributed by atoms with van der Waals surface area (Å²) in [4.78, 5) is 26.7. The van der Waals surface area contributed by atoms with Crippen LogP contribution in [0.25, 0.3) is 21.9 Å². The van der Waals surface area contributed by atoms with E-state index in [4.69, 9.17) is 32.7 Å². The van der Waals surface area contributed by atoms with Gasteiger partial charge in [0.15, 0.2) is 5.11 Å². The lowest BCUT2D eigenvalue weighted by Gasteiger charge is -2.20. The topological polar surface area (TPSA) is 125 Å². The molecule has 0 bridgehead atoms. The fraction of sp³-hybridized carbons (Fsp3) is 0.0312. The zero-order valence-electron chi connectivity index (χ0n) is 21.6. The number of halogens is 1. The maximum absolute atomic E-state index is 13.4. The van der Waals surface area contributed by atoms with Crippen molar-refractivity contribution >= 4 is 62.2 Å². The number of rotatable bonds is 5. The van der Waals surface area contributed by atoms with Gasteiger partial charge in [-0.2, -0.15) is 0 Å². The van der Waals surface area contributed by atoms with Crippen LogP contribution in [0.3, 0.4) is 0 Å². The number of fused-ring (bicyclic) bond motifs is 2. The average Bonchev–Trinajstić information content (AvgIpc) is 2.98. The summed E-state index contributed by atoms with van der Waals surface area (Å²) in [6.07, 6.45) is 0. The van der Waals surface area contributed by atoms with Crippen LogP contribution >= 0.6 is 23.8 Å². The van der Waals surface area contributed by atoms with E-state index in [1.165, 1.54) is 0 Å². The Kier molecular flexibility index (Phi) is 7.12. The molecule has 10 heteroatoms. The molecule has 4 aromatic carbocycles. The predicted octanol–water partition coefficient (Wildman–Crippen LogP) is 6.95. The van der Waals surface area contributed by atoms with Gasteiger partial charge in [0.2, 0.25) is 0 Å². The predicted molar refractivity (Wildman–Crippen MR) is 167 cm³/mol. The molecule has 8 nitrogen and oxygen atoms in total. The van der Waals surface area contributed by atoms with Crippen molar-refractivity contribution in [3.05, 3.63) is 140 Å². The zero-order valence-corrected chi connectivity index (χ0v) is 23.2. The number of aromatic hydroxyl groups is 2. The second kappa shape index (κ2) is 11.0. The van der Waals surface area contributed by atoms with Gasteiger partial charge in [-0.25, -0.2) is 9.59 Å². The van der Waals surface area contributed by atoms with Gasteiger partial charge in [0.1, 0.15) is 22.7 Å². The number of benzene rings is 4. The van der Waals surface area contributed by atoms with Gasteiger partial charge in [0.05, 0.1) is 38.5 Å². The first-order valence-corrected chi connectivity index (χ1v) is 13.5. The van der Waals surface area contributed by atoms with Crippen LogP contribution in [0.4, 0.5) is 11.4 Å². The highest BCUT2D eigenvalue weighted by atomic mass is 35.5. The minimum atomic E-state index is -1.24. The molecular weight excluding hydrogens is 576 g/mol. The number of hydrogen-bond donors (Lipinski definition) is 4. The maximum Gasteiger partial charge on any atom is 0.344 e. The van der Waals surface area contributed by atoms with Crippen molar-refractivity contribution in [2.24, 2.45) is 0 Å². The molecule has 6 rings (SSSR count). The van der Waals surface area contributed by atoms with E-state index in [0.29, 0.717) is 22.0 Å². The average molecular weight is 597 g/mol. The first kappa shape index (κ1) is 27.1. The minimum absolute atomic E-state index is 0.177. The molecule has 0 radical (unpaired) electrons. The van der Waals surface area contributed by atoms with E-state index in [9.17, 15) is 19.8 Å². The molecule has 42 heavy (non-hydrogen) atoms. The van der Waals surface area contributed by atoms with Gasteiger partial charge in [-0.05, 0) is 66.3 Å². The van der Waals surface area contributed by atoms with E-state index in [1.54, 1.807) is 91.0 Å². The fourth-order valence-corrected chi connectivity index (χ4v) is 5.30. The van der Waals surface area contributed by atoms with Crippen molar-refractivity contribution in [1.82, 2.24) is 0 Å². The van der Waals surface area contributed by atoms with E-state index in [-0.39, 0.29) is 49.7 Å². The Morgan fingerprint density at radius 2 is 1.19 bits per heavy atom. The molecule has 0 atom stereocenters. The first-order chi connectivity index (χ1) is 20.3. The van der Waals surface area contributed by atoms with E-state index in [0.717, 1.165) is 0 Å². The number of nitrogens with one attached hydrogen (secondary N) is 2. The molecule has 4 N–H and O–H groups in total. The zero-order chi connectivity index (χ0) is 29.4. The van der Waals surface area contributed by atoms with Gasteiger partial charge >= 0.3 is 11.3 Å². The monoisotopic (exact) mass is 596 g/mol. The smallest absolute Gasteiger partial charge is 0.344 e. The van der Waals surface area contributed by atoms with Gasteiger partial charge in [-0.3, -0.25) is 0 Å². The van der Waals surface area contributed by atoms with Crippen LogP contribution < -0.4 is 21.9 Å². The van der Waals surface area contributed by atoms with Crippen LogP contribution in [0, 0.1) is 0 Å². The Morgan fingerprint density at radius 1 is 0.690 bits per heavy atom. The third-order valence-corrected chi connectivity index (χ3v) is 7.37. The highest BCUT2D eigenvalue weighted by molar-refractivity contribution is 7.80. The van der Waals surface area contributed by atoms with Crippen molar-refractivity contribution in [2.45, 2.75) is 5.92 Å². The molecule has 2 aromatic heterocycles. The number of thiocarbonyl (C=S) groups is 1. The molecule has 2 heterocycles. The summed E-state index contributed by atoms with van der Waals surface area (Å²) >= 11 is 11.6. The van der Waals surface area contributed by atoms with Crippen molar-refractivity contribution in [3.63, 3.8) is 0 Å². The summed E-state index contributed by atoms with van der Waals surface area (Å²) in [5, 5.41) is 30.1. The molecule has 0 saturated heterocycles. The van der Waals surface area contributed by atoms with E-state index >= 15 is 0 Å². The molecular formula is C32H21ClN2O6S. The fourth-order valence-electron chi connectivity index (χ4n) is 4.89. The number of anilines is 2. The third kappa shape index (κ3) is 4.96. The van der Waals surface area contributed by atoms with Crippen LogP contribution in [-0.2, 0) is 0 Å². The van der Waals surface area contributed by atoms with Gasteiger partial charge in [0.25, 0.3) is 0 Å². The van der Waals surface area contributed by atoms with Crippen molar-refractivity contribution in [3.8, 4) is 11.5 Å². The molecule has 0 fully saturated rings. The van der Waals surface area contributed by atoms with Crippen molar-refractivity contribution in [2.75, 3.05) is 10.6 Å². The second-order valence-corrected chi connectivity index (χ2v) is 10.2. The van der Waals surface area contributed by atoms with E-state index < -0.39 is 17.2 Å². The Labute approximate surface area is 248 Å². The maximum atomic E-state index is 13.4. The Bertz CT molecular complexity index is 2010. The lowest BCUT2D eigenvalue weighted by atomic mass is 9.84. The normalized spacial score (nSPS) is 11.2. The van der Waals surface area contributed by atoms with Crippen LogP contribution in [0.1, 0.15) is 22.6 Å². The lowest BCUT2D eigenvalue weighted by Crippen LogP contribution is -2.21. The Balaban J connectivity index is 1.47. The molecule has 0 aliphatic rings. The Morgan fingerprint density at radius 3 is 1.74 bits per heavy atom. The highest BCUT2D eigenvalue weighted by Crippen LogP contribution is 2.42. The summed E-state index contributed by atoms with van der Waals surface area (Å²) in [7, 11) is 0. The standard InChI is InChI=1S/C32H21ClN2O6S/c33-21-9-3-4-10-22(21)35-32(42)34-18-15-13-17(14-16-18)25(26-28(36)19-7-1-5-11-23(19)40-30(26)38)27-29(37)20-8-2-6-12-24(20)41-31(27)39/h1-16,25,36-37H,(H2,34,35,42). The van der Waals surface area contributed by atoms with Crippen molar-refractivity contribution in [1.29, 1.82) is 0 Å². The van der Waals surface area contributed by atoms with Gasteiger partial charge in [-0.15, -0.1) is 0 Å². The van der Waals surface area contributed by atoms with Crippen LogP contribution in [0.2, 0.25) is 5.02 Å². The Hall–Kier alpha value is -5.12. The molecule has 0 aliphatic carbocycles. The van der Waals surface area contributed by atoms with Crippen molar-refractivity contribution < 1.29 is 19.0 Å². The summed E-state index contributed by atoms with van der Waals surface area (Å²) in [6, 6.07) is 26.8. The summed E-state index contributed by atoms with van der Waals surface area (Å²) in [6.45, 7) is 0. The van der Waals surface area contributed by atoms with Gasteiger partial charge in [0, 0.05) is 5.69 Å². The molecule has 0 amide bonds. The highest BCUT2D eigenvalue weighted by Gasteiger charge is 2.32. The number of hydrogen-bond acceptors (Lipinski definition) is 7. The van der Waals surface area contributed by atoms with Gasteiger partial charge < -0.3 is 29.7 Å².